The predicted molar refractivity (Wildman–Crippen MR) is 102 cm³/mol. The molecule has 4 aromatic rings. The molecule has 0 radical (unpaired) electrons. The number of benzene rings is 4. The molecular weight excluding hydrogens is 332 g/mol. The Bertz CT molecular complexity index is 1070. The van der Waals surface area contributed by atoms with Crippen LogP contribution in [0.15, 0.2) is 78.9 Å². The number of ketones is 2. The molecule has 25 heavy (non-hydrogen) atoms. The van der Waals surface area contributed by atoms with Gasteiger partial charge in [0, 0.05) is 16.1 Å². The van der Waals surface area contributed by atoms with Crippen molar-refractivity contribution in [2.24, 2.45) is 0 Å². The second kappa shape index (κ2) is 6.15. The van der Waals surface area contributed by atoms with Gasteiger partial charge in [-0.25, -0.2) is 0 Å². The highest BCUT2D eigenvalue weighted by atomic mass is 35.5. The average Bonchev–Trinajstić information content (AvgIpc) is 2.65. The van der Waals surface area contributed by atoms with Crippen molar-refractivity contribution >= 4 is 44.7 Å². The third-order valence-electron chi connectivity index (χ3n) is 4.31. The second-order valence-electron chi connectivity index (χ2n) is 5.86. The van der Waals surface area contributed by atoms with Gasteiger partial charge in [-0.1, -0.05) is 60.1 Å². The second-order valence-corrected chi connectivity index (χ2v) is 6.30. The van der Waals surface area contributed by atoms with E-state index in [0.717, 1.165) is 21.5 Å². The normalized spacial score (nSPS) is 10.9. The van der Waals surface area contributed by atoms with E-state index in [9.17, 15) is 9.59 Å². The first kappa shape index (κ1) is 15.6. The number of rotatable bonds is 3. The molecule has 0 atom stereocenters. The molecule has 0 N–H and O–H groups in total. The van der Waals surface area contributed by atoms with Crippen LogP contribution in [0.1, 0.15) is 20.7 Å². The number of carbonyl (C=O) groups excluding carboxylic acids is 2. The fourth-order valence-electron chi connectivity index (χ4n) is 3.10. The van der Waals surface area contributed by atoms with E-state index < -0.39 is 11.6 Å². The molecule has 120 valence electrons. The van der Waals surface area contributed by atoms with Gasteiger partial charge in [-0.15, -0.1) is 0 Å². The fourth-order valence-corrected chi connectivity index (χ4v) is 3.23. The summed E-state index contributed by atoms with van der Waals surface area (Å²) < 4.78 is 0. The van der Waals surface area contributed by atoms with Gasteiger partial charge < -0.3 is 0 Å². The first-order valence-electron chi connectivity index (χ1n) is 7.90. The van der Waals surface area contributed by atoms with Gasteiger partial charge in [0.1, 0.15) is 0 Å². The van der Waals surface area contributed by atoms with E-state index in [4.69, 9.17) is 11.6 Å². The summed E-state index contributed by atoms with van der Waals surface area (Å²) in [7, 11) is 0. The van der Waals surface area contributed by atoms with Crippen molar-refractivity contribution in [3.63, 3.8) is 0 Å². The predicted octanol–water partition coefficient (Wildman–Crippen LogP) is 5.71. The van der Waals surface area contributed by atoms with Crippen LogP contribution in [0, 0.1) is 0 Å². The van der Waals surface area contributed by atoms with Gasteiger partial charge in [-0.2, -0.15) is 0 Å². The van der Waals surface area contributed by atoms with Crippen LogP contribution < -0.4 is 0 Å². The smallest absolute Gasteiger partial charge is 0.234 e. The van der Waals surface area contributed by atoms with Gasteiger partial charge in [-0.3, -0.25) is 9.59 Å². The molecule has 0 spiro atoms. The number of hydrogen-bond acceptors (Lipinski definition) is 2. The Hall–Kier alpha value is -2.97. The first-order chi connectivity index (χ1) is 12.1. The van der Waals surface area contributed by atoms with Crippen molar-refractivity contribution in [2.45, 2.75) is 0 Å². The minimum atomic E-state index is -0.529. The molecule has 0 heterocycles. The Balaban J connectivity index is 1.96. The number of hydrogen-bond donors (Lipinski definition) is 0. The topological polar surface area (TPSA) is 34.1 Å². The molecule has 0 bridgehead atoms. The molecule has 0 aliphatic rings. The highest BCUT2D eigenvalue weighted by Gasteiger charge is 2.22. The quantitative estimate of drug-likeness (QED) is 0.271. The Morgan fingerprint density at radius 3 is 1.72 bits per heavy atom. The third-order valence-corrected chi connectivity index (χ3v) is 4.56. The fraction of sp³-hybridized carbons (Fsp3) is 0. The van der Waals surface area contributed by atoms with Gasteiger partial charge in [-0.05, 0) is 51.9 Å². The largest absolute Gasteiger partial charge is 0.285 e. The van der Waals surface area contributed by atoms with Crippen LogP contribution in [0.3, 0.4) is 0 Å². The van der Waals surface area contributed by atoms with Crippen LogP contribution in [0.4, 0.5) is 0 Å². The third kappa shape index (κ3) is 2.71. The number of carbonyl (C=O) groups is 2. The van der Waals surface area contributed by atoms with Crippen molar-refractivity contribution in [2.75, 3.05) is 0 Å². The number of halogens is 1. The molecule has 0 saturated heterocycles. The maximum atomic E-state index is 13.1. The van der Waals surface area contributed by atoms with Gasteiger partial charge in [0.25, 0.3) is 0 Å². The van der Waals surface area contributed by atoms with E-state index in [1.165, 1.54) is 0 Å². The van der Waals surface area contributed by atoms with Crippen molar-refractivity contribution in [1.82, 2.24) is 0 Å². The number of fused-ring (bicyclic) bond motifs is 2. The van der Waals surface area contributed by atoms with Crippen molar-refractivity contribution in [1.29, 1.82) is 0 Å². The van der Waals surface area contributed by atoms with Crippen LogP contribution in [0.2, 0.25) is 5.02 Å². The molecule has 0 fully saturated rings. The van der Waals surface area contributed by atoms with Gasteiger partial charge in [0.05, 0.1) is 0 Å². The highest BCUT2D eigenvalue weighted by molar-refractivity contribution is 6.52. The molecule has 4 aromatic carbocycles. The Kier molecular flexibility index (Phi) is 3.83. The van der Waals surface area contributed by atoms with E-state index in [1.807, 2.05) is 54.6 Å². The van der Waals surface area contributed by atoms with E-state index in [1.54, 1.807) is 24.3 Å². The van der Waals surface area contributed by atoms with Crippen LogP contribution in [0.25, 0.3) is 21.5 Å². The molecule has 4 rings (SSSR count). The molecular formula is C22H13ClO2. The summed E-state index contributed by atoms with van der Waals surface area (Å²) in [5.41, 5.74) is 0.792. The molecule has 0 aliphatic carbocycles. The van der Waals surface area contributed by atoms with Crippen LogP contribution in [-0.4, -0.2) is 11.6 Å². The average molecular weight is 345 g/mol. The van der Waals surface area contributed by atoms with Crippen LogP contribution >= 0.6 is 11.6 Å². The summed E-state index contributed by atoms with van der Waals surface area (Å²) in [6, 6.07) is 23.7. The molecule has 0 unspecified atom stereocenters. The summed E-state index contributed by atoms with van der Waals surface area (Å²) in [5, 5.41) is 3.98. The lowest BCUT2D eigenvalue weighted by Crippen LogP contribution is -2.15. The zero-order valence-corrected chi connectivity index (χ0v) is 14.0. The highest BCUT2D eigenvalue weighted by Crippen LogP contribution is 2.29. The molecule has 0 aliphatic heterocycles. The molecule has 0 amide bonds. The monoisotopic (exact) mass is 344 g/mol. The van der Waals surface area contributed by atoms with Crippen molar-refractivity contribution in [3.05, 3.63) is 95.0 Å². The summed E-state index contributed by atoms with van der Waals surface area (Å²) >= 11 is 5.87. The Morgan fingerprint density at radius 2 is 1.16 bits per heavy atom. The van der Waals surface area contributed by atoms with Gasteiger partial charge in [0.2, 0.25) is 11.6 Å². The summed E-state index contributed by atoms with van der Waals surface area (Å²) in [5.74, 6) is -1.03. The summed E-state index contributed by atoms with van der Waals surface area (Å²) in [6.45, 7) is 0. The molecule has 2 nitrogen and oxygen atoms in total. The van der Waals surface area contributed by atoms with Crippen LogP contribution in [0.5, 0.6) is 0 Å². The van der Waals surface area contributed by atoms with E-state index in [2.05, 4.69) is 0 Å². The zero-order valence-electron chi connectivity index (χ0n) is 13.2. The zero-order chi connectivity index (χ0) is 17.4. The van der Waals surface area contributed by atoms with Crippen molar-refractivity contribution in [3.8, 4) is 0 Å². The van der Waals surface area contributed by atoms with Gasteiger partial charge in [0.15, 0.2) is 0 Å². The number of Topliss-reactive ketones (excluding diaryl/α,β-unsaturated/α-hetero) is 2. The Morgan fingerprint density at radius 1 is 0.640 bits per heavy atom. The standard InChI is InChI=1S/C22H13ClO2/c23-17-11-9-14(10-12-17)21(24)22(25)20-18-7-3-1-5-15(18)13-16-6-2-4-8-19(16)20/h1-13H. The van der Waals surface area contributed by atoms with E-state index in [0.29, 0.717) is 16.1 Å². The lowest BCUT2D eigenvalue weighted by Gasteiger charge is -2.10. The maximum absolute atomic E-state index is 13.1. The first-order valence-corrected chi connectivity index (χ1v) is 8.28. The lowest BCUT2D eigenvalue weighted by atomic mass is 9.91. The molecule has 3 heteroatoms. The molecule has 0 aromatic heterocycles. The van der Waals surface area contributed by atoms with Gasteiger partial charge >= 0.3 is 0 Å². The molecule has 0 saturated carbocycles. The minimum Gasteiger partial charge on any atom is -0.285 e. The Labute approximate surface area is 149 Å². The maximum Gasteiger partial charge on any atom is 0.234 e. The van der Waals surface area contributed by atoms with E-state index >= 15 is 0 Å². The van der Waals surface area contributed by atoms with Crippen LogP contribution in [-0.2, 0) is 0 Å². The SMILES string of the molecule is O=C(C(=O)c1c2ccccc2cc2ccccc12)c1ccc(Cl)cc1. The summed E-state index contributed by atoms with van der Waals surface area (Å²) in [4.78, 5) is 25.8. The summed E-state index contributed by atoms with van der Waals surface area (Å²) in [6.07, 6.45) is 0. The minimum absolute atomic E-state index is 0.339. The van der Waals surface area contributed by atoms with E-state index in [-0.39, 0.29) is 0 Å². The van der Waals surface area contributed by atoms with Crippen molar-refractivity contribution < 1.29 is 9.59 Å². The lowest BCUT2D eigenvalue weighted by molar-refractivity contribution is 0.0819.